The van der Waals surface area contributed by atoms with Gasteiger partial charge in [0.1, 0.15) is 5.60 Å². The number of ketones is 1. The topological polar surface area (TPSA) is 97.1 Å². The molecular formula is C39H57NO6Si. The molecule has 0 aliphatic carbocycles. The number of carbonyl (C=O) groups excluding carboxylic acids is 2. The van der Waals surface area contributed by atoms with Gasteiger partial charge in [0, 0.05) is 12.1 Å². The summed E-state index contributed by atoms with van der Waals surface area (Å²) in [6.07, 6.45) is 5.95. The molecule has 47 heavy (non-hydrogen) atoms. The first-order valence-corrected chi connectivity index (χ1v) is 19.2. The number of allylic oxidation sites excluding steroid dienone is 2. The van der Waals surface area contributed by atoms with Crippen LogP contribution in [0, 0.1) is 11.3 Å². The standard InChI is InChI=1S/C39H57NO6Si/c1-28(34(40)25-29(2)41)24-30-21-22-35-39(46-30,26-31(45-35)16-15-23-43-36(42)37(3,4)5)27-44-47(38(6,7)8,32-17-11-9-12-18-32)33-19-13-10-14-20-33/h9-14,17-20,25,28,30-31,35H,15-16,21-24,26-27,40H2,1-8H3/b34-25-/t28-,30?,31+,35+,39-/m1/s1. The summed E-state index contributed by atoms with van der Waals surface area (Å²) in [6, 6.07) is 21.4. The Bertz CT molecular complexity index is 1330. The van der Waals surface area contributed by atoms with E-state index >= 15 is 0 Å². The second-order valence-electron chi connectivity index (χ2n) is 15.7. The van der Waals surface area contributed by atoms with E-state index < -0.39 is 19.3 Å². The van der Waals surface area contributed by atoms with Gasteiger partial charge in [0.15, 0.2) is 5.78 Å². The number of hydrogen-bond acceptors (Lipinski definition) is 7. The summed E-state index contributed by atoms with van der Waals surface area (Å²) >= 11 is 0. The lowest BCUT2D eigenvalue weighted by Gasteiger charge is -2.48. The maximum atomic E-state index is 12.3. The fraction of sp³-hybridized carbons (Fsp3) is 0.590. The molecule has 0 spiro atoms. The summed E-state index contributed by atoms with van der Waals surface area (Å²) in [5, 5.41) is 2.28. The molecule has 0 saturated carbocycles. The third-order valence-electron chi connectivity index (χ3n) is 9.69. The number of esters is 1. The molecule has 258 valence electrons. The predicted molar refractivity (Wildman–Crippen MR) is 190 cm³/mol. The SMILES string of the molecule is CC(=O)/C=C(\N)[C@H](C)CC1CC[C@@H]2O[C@@H](CCCOC(=O)C(C)(C)C)C[C@]2(CO[Si](c2ccccc2)(c2ccccc2)C(C)(C)C)O1. The number of rotatable bonds is 13. The second kappa shape index (κ2) is 15.2. The van der Waals surface area contributed by atoms with Crippen molar-refractivity contribution >= 4 is 30.4 Å². The van der Waals surface area contributed by atoms with Gasteiger partial charge in [-0.15, -0.1) is 0 Å². The van der Waals surface area contributed by atoms with E-state index in [0.29, 0.717) is 25.3 Å². The maximum Gasteiger partial charge on any atom is 0.311 e. The van der Waals surface area contributed by atoms with Gasteiger partial charge in [-0.3, -0.25) is 9.59 Å². The number of carbonyl (C=O) groups is 2. The van der Waals surface area contributed by atoms with E-state index in [-0.39, 0.29) is 41.0 Å². The molecule has 2 aliphatic rings. The first-order valence-electron chi connectivity index (χ1n) is 17.3. The van der Waals surface area contributed by atoms with Crippen molar-refractivity contribution in [2.75, 3.05) is 13.2 Å². The summed E-state index contributed by atoms with van der Waals surface area (Å²) in [4.78, 5) is 24.1. The number of ether oxygens (including phenoxy) is 3. The van der Waals surface area contributed by atoms with E-state index in [9.17, 15) is 9.59 Å². The summed E-state index contributed by atoms with van der Waals surface area (Å²) < 4.78 is 26.9. The average molecular weight is 664 g/mol. The zero-order valence-corrected chi connectivity index (χ0v) is 30.8. The molecule has 4 rings (SSSR count). The number of fused-ring (bicyclic) bond motifs is 1. The Morgan fingerprint density at radius 1 is 0.979 bits per heavy atom. The maximum absolute atomic E-state index is 12.3. The minimum Gasteiger partial charge on any atom is -0.465 e. The van der Waals surface area contributed by atoms with Gasteiger partial charge < -0.3 is 24.4 Å². The van der Waals surface area contributed by atoms with Crippen LogP contribution >= 0.6 is 0 Å². The van der Waals surface area contributed by atoms with Crippen LogP contribution in [0.5, 0.6) is 0 Å². The molecular weight excluding hydrogens is 607 g/mol. The van der Waals surface area contributed by atoms with E-state index in [0.717, 1.165) is 32.1 Å². The lowest BCUT2D eigenvalue weighted by molar-refractivity contribution is -0.183. The highest BCUT2D eigenvalue weighted by Gasteiger charge is 2.57. The van der Waals surface area contributed by atoms with E-state index in [4.69, 9.17) is 24.4 Å². The van der Waals surface area contributed by atoms with Crippen LogP contribution in [0.15, 0.2) is 72.4 Å². The first-order chi connectivity index (χ1) is 22.1. The van der Waals surface area contributed by atoms with Crippen molar-refractivity contribution in [3.8, 4) is 0 Å². The molecule has 7 nitrogen and oxygen atoms in total. The molecule has 1 unspecified atom stereocenters. The van der Waals surface area contributed by atoms with E-state index in [2.05, 4.69) is 88.4 Å². The number of hydrogen-bond donors (Lipinski definition) is 1. The molecule has 0 amide bonds. The molecule has 0 radical (unpaired) electrons. The quantitative estimate of drug-likeness (QED) is 0.114. The molecule has 2 N–H and O–H groups in total. The fourth-order valence-electron chi connectivity index (χ4n) is 7.22. The van der Waals surface area contributed by atoms with Crippen LogP contribution in [-0.4, -0.2) is 57.2 Å². The van der Waals surface area contributed by atoms with Crippen molar-refractivity contribution < 1.29 is 28.2 Å². The Morgan fingerprint density at radius 2 is 1.57 bits per heavy atom. The third kappa shape index (κ3) is 8.82. The van der Waals surface area contributed by atoms with Gasteiger partial charge in [0.2, 0.25) is 0 Å². The monoisotopic (exact) mass is 663 g/mol. The Balaban J connectivity index is 1.63. The molecule has 2 aromatic carbocycles. The fourth-order valence-corrected chi connectivity index (χ4v) is 11.8. The zero-order valence-electron chi connectivity index (χ0n) is 29.8. The summed E-state index contributed by atoms with van der Waals surface area (Å²) in [5.74, 6) is -0.229. The number of nitrogens with two attached hydrogens (primary N) is 1. The largest absolute Gasteiger partial charge is 0.465 e. The van der Waals surface area contributed by atoms with E-state index in [1.807, 2.05) is 20.8 Å². The Hall–Kier alpha value is -2.78. The summed E-state index contributed by atoms with van der Waals surface area (Å²) in [7, 11) is -2.83. The van der Waals surface area contributed by atoms with E-state index in [1.54, 1.807) is 0 Å². The smallest absolute Gasteiger partial charge is 0.311 e. The van der Waals surface area contributed by atoms with Crippen LogP contribution in [-0.2, 0) is 28.2 Å². The van der Waals surface area contributed by atoms with Crippen LogP contribution in [0.3, 0.4) is 0 Å². The van der Waals surface area contributed by atoms with Crippen LogP contribution in [0.25, 0.3) is 0 Å². The molecule has 2 saturated heterocycles. The molecule has 2 aliphatic heterocycles. The van der Waals surface area contributed by atoms with Crippen molar-refractivity contribution in [1.29, 1.82) is 0 Å². The molecule has 2 heterocycles. The second-order valence-corrected chi connectivity index (χ2v) is 20.0. The lowest BCUT2D eigenvalue weighted by Crippen LogP contribution is -2.68. The Kier molecular flexibility index (Phi) is 12.0. The van der Waals surface area contributed by atoms with Crippen molar-refractivity contribution in [1.82, 2.24) is 0 Å². The number of benzene rings is 2. The minimum absolute atomic E-state index is 0.00529. The highest BCUT2D eigenvalue weighted by Crippen LogP contribution is 2.46. The van der Waals surface area contributed by atoms with Gasteiger partial charge in [-0.25, -0.2) is 0 Å². The predicted octanol–water partition coefficient (Wildman–Crippen LogP) is 6.47. The summed E-state index contributed by atoms with van der Waals surface area (Å²) in [5.41, 5.74) is 5.74. The molecule has 0 aromatic heterocycles. The third-order valence-corrected chi connectivity index (χ3v) is 14.7. The molecule has 5 atom stereocenters. The normalized spacial score (nSPS) is 24.4. The first kappa shape index (κ1) is 37.0. The highest BCUT2D eigenvalue weighted by molar-refractivity contribution is 6.99. The van der Waals surface area contributed by atoms with Crippen LogP contribution in [0.1, 0.15) is 93.9 Å². The van der Waals surface area contributed by atoms with E-state index in [1.165, 1.54) is 23.4 Å². The Labute approximate surface area is 283 Å². The Morgan fingerprint density at radius 3 is 2.11 bits per heavy atom. The van der Waals surface area contributed by atoms with Gasteiger partial charge in [0.25, 0.3) is 8.32 Å². The molecule has 0 bridgehead atoms. The minimum atomic E-state index is -2.83. The molecule has 2 fully saturated rings. The average Bonchev–Trinajstić information content (AvgIpc) is 3.37. The van der Waals surface area contributed by atoms with Crippen LogP contribution < -0.4 is 16.1 Å². The van der Waals surface area contributed by atoms with Gasteiger partial charge in [0.05, 0.1) is 36.9 Å². The van der Waals surface area contributed by atoms with Gasteiger partial charge in [-0.1, -0.05) is 88.4 Å². The molecule has 8 heteroatoms. The van der Waals surface area contributed by atoms with Crippen molar-refractivity contribution in [3.63, 3.8) is 0 Å². The van der Waals surface area contributed by atoms with Gasteiger partial charge >= 0.3 is 5.97 Å². The van der Waals surface area contributed by atoms with Crippen molar-refractivity contribution in [3.05, 3.63) is 72.4 Å². The zero-order chi connectivity index (χ0) is 34.5. The van der Waals surface area contributed by atoms with Crippen LogP contribution in [0.4, 0.5) is 0 Å². The highest BCUT2D eigenvalue weighted by atomic mass is 28.4. The van der Waals surface area contributed by atoms with Crippen molar-refractivity contribution in [2.24, 2.45) is 17.1 Å². The van der Waals surface area contributed by atoms with Crippen LogP contribution in [0.2, 0.25) is 5.04 Å². The van der Waals surface area contributed by atoms with Gasteiger partial charge in [-0.05, 0) is 87.2 Å². The van der Waals surface area contributed by atoms with Gasteiger partial charge in [-0.2, -0.15) is 0 Å². The lowest BCUT2D eigenvalue weighted by atomic mass is 9.84. The van der Waals surface area contributed by atoms with Crippen molar-refractivity contribution in [2.45, 2.75) is 123 Å². The summed E-state index contributed by atoms with van der Waals surface area (Å²) in [6.45, 7) is 16.8. The molecule has 2 aromatic rings.